The van der Waals surface area contributed by atoms with Crippen molar-refractivity contribution in [1.29, 1.82) is 0 Å². The van der Waals surface area contributed by atoms with E-state index < -0.39 is 37.5 Å². The van der Waals surface area contributed by atoms with E-state index in [1.54, 1.807) is 0 Å². The summed E-state index contributed by atoms with van der Waals surface area (Å²) in [5.41, 5.74) is 0.551. The van der Waals surface area contributed by atoms with Gasteiger partial charge in [-0.3, -0.25) is 0 Å². The smallest absolute Gasteiger partial charge is 0.330 e. The first-order valence-corrected chi connectivity index (χ1v) is 6.37. The average Bonchev–Trinajstić information content (AvgIpc) is 2.33. The third-order valence-corrected chi connectivity index (χ3v) is 2.99. The van der Waals surface area contributed by atoms with Gasteiger partial charge in [-0.25, -0.2) is 13.2 Å². The van der Waals surface area contributed by atoms with Crippen LogP contribution < -0.4 is 0 Å². The molecule has 0 aliphatic carbocycles. The summed E-state index contributed by atoms with van der Waals surface area (Å²) in [5, 5.41) is 9.53. The number of halogens is 6. The van der Waals surface area contributed by atoms with Crippen LogP contribution in [0.2, 0.25) is 0 Å². The van der Waals surface area contributed by atoms with Crippen molar-refractivity contribution in [3.8, 4) is 0 Å². The molecule has 0 aliphatic rings. The van der Waals surface area contributed by atoms with E-state index in [1.807, 2.05) is 0 Å². The van der Waals surface area contributed by atoms with E-state index in [-0.39, 0.29) is 10.9 Å². The van der Waals surface area contributed by atoms with Crippen molar-refractivity contribution < 1.29 is 31.8 Å². The number of alkyl halides is 4. The van der Waals surface area contributed by atoms with Crippen molar-refractivity contribution in [3.05, 3.63) is 34.1 Å². The van der Waals surface area contributed by atoms with Crippen LogP contribution in [0.4, 0.5) is 22.0 Å². The summed E-state index contributed by atoms with van der Waals surface area (Å²) in [7, 11) is 0. The normalized spacial score (nSPS) is 13.8. The second-order valence-corrected chi connectivity index (χ2v) is 5.04. The van der Waals surface area contributed by atoms with Crippen LogP contribution in [0.3, 0.4) is 0 Å². The third-order valence-electron chi connectivity index (χ3n) is 2.38. The van der Waals surface area contributed by atoms with Crippen LogP contribution in [-0.4, -0.2) is 36.8 Å². The fourth-order valence-electron chi connectivity index (χ4n) is 1.39. The van der Waals surface area contributed by atoms with Gasteiger partial charge in [-0.1, -0.05) is 6.07 Å². The summed E-state index contributed by atoms with van der Waals surface area (Å²) in [6.45, 7) is -1.98. The van der Waals surface area contributed by atoms with Gasteiger partial charge in [-0.2, -0.15) is 8.78 Å². The van der Waals surface area contributed by atoms with Crippen LogP contribution in [0, 0.1) is 5.82 Å². The largest absolute Gasteiger partial charge is 0.390 e. The van der Waals surface area contributed by atoms with E-state index in [0.717, 1.165) is 0 Å². The molecular weight excluding hydrogens is 351 g/mol. The van der Waals surface area contributed by atoms with Gasteiger partial charge in [-0.05, 0) is 33.6 Å². The number of aliphatic hydroxyl groups is 1. The van der Waals surface area contributed by atoms with Gasteiger partial charge in [0.15, 0.2) is 0 Å². The minimum absolute atomic E-state index is 0.0269. The van der Waals surface area contributed by atoms with Gasteiger partial charge in [0.1, 0.15) is 12.4 Å². The zero-order chi connectivity index (χ0) is 15.3. The third kappa shape index (κ3) is 5.34. The lowest BCUT2D eigenvalue weighted by Gasteiger charge is -2.17. The Balaban J connectivity index is 2.40. The molecule has 0 bridgehead atoms. The molecule has 0 saturated carbocycles. The van der Waals surface area contributed by atoms with Gasteiger partial charge in [0.25, 0.3) is 0 Å². The summed E-state index contributed by atoms with van der Waals surface area (Å²) < 4.78 is 66.2. The Bertz CT molecular complexity index is 442. The summed E-state index contributed by atoms with van der Waals surface area (Å²) >= 11 is 2.96. The van der Waals surface area contributed by atoms with Crippen LogP contribution in [0.25, 0.3) is 0 Å². The van der Waals surface area contributed by atoms with E-state index in [9.17, 15) is 27.1 Å². The van der Waals surface area contributed by atoms with Crippen molar-refractivity contribution >= 4 is 15.9 Å². The molecule has 20 heavy (non-hydrogen) atoms. The van der Waals surface area contributed by atoms with Gasteiger partial charge < -0.3 is 9.84 Å². The molecule has 8 heteroatoms. The van der Waals surface area contributed by atoms with E-state index in [1.165, 1.54) is 18.2 Å². The standard InChI is InChI=1S/C12H12BrF5O2/c13-9-4-7(1-2-10(9)14)3-8(19)5-20-6-12(17,18)11(15)16/h1-2,4,8,11,19H,3,5-6H2. The number of hydrogen-bond acceptors (Lipinski definition) is 2. The quantitative estimate of drug-likeness (QED) is 0.753. The molecule has 0 aromatic heterocycles. The highest BCUT2D eigenvalue weighted by Crippen LogP contribution is 2.23. The van der Waals surface area contributed by atoms with E-state index in [2.05, 4.69) is 20.7 Å². The minimum atomic E-state index is -4.24. The Kier molecular flexibility index (Phi) is 6.35. The second kappa shape index (κ2) is 7.33. The molecule has 1 rings (SSSR count). The second-order valence-electron chi connectivity index (χ2n) is 4.18. The molecule has 1 aromatic carbocycles. The SMILES string of the molecule is OC(COCC(F)(F)C(F)F)Cc1ccc(F)c(Br)c1. The molecule has 1 aromatic rings. The number of hydrogen-bond donors (Lipinski definition) is 1. The first kappa shape index (κ1) is 17.3. The monoisotopic (exact) mass is 362 g/mol. The van der Waals surface area contributed by atoms with E-state index >= 15 is 0 Å². The van der Waals surface area contributed by atoms with Crippen LogP contribution in [0.1, 0.15) is 5.56 Å². The molecule has 0 saturated heterocycles. The lowest BCUT2D eigenvalue weighted by atomic mass is 10.1. The molecule has 0 aliphatic heterocycles. The lowest BCUT2D eigenvalue weighted by Crippen LogP contribution is -2.34. The number of benzene rings is 1. The van der Waals surface area contributed by atoms with Crippen molar-refractivity contribution in [2.75, 3.05) is 13.2 Å². The van der Waals surface area contributed by atoms with Crippen molar-refractivity contribution in [2.24, 2.45) is 0 Å². The van der Waals surface area contributed by atoms with Gasteiger partial charge in [-0.15, -0.1) is 0 Å². The topological polar surface area (TPSA) is 29.5 Å². The zero-order valence-corrected chi connectivity index (χ0v) is 11.7. The molecule has 0 radical (unpaired) electrons. The zero-order valence-electron chi connectivity index (χ0n) is 10.1. The molecular formula is C12H12BrF5O2. The number of rotatable bonds is 7. The molecule has 114 valence electrons. The van der Waals surface area contributed by atoms with E-state index in [0.29, 0.717) is 5.56 Å². The fourth-order valence-corrected chi connectivity index (χ4v) is 1.82. The number of ether oxygens (including phenoxy) is 1. The molecule has 1 atom stereocenters. The predicted octanol–water partition coefficient (Wildman–Crippen LogP) is 3.41. The average molecular weight is 363 g/mol. The Morgan fingerprint density at radius 1 is 1.30 bits per heavy atom. The number of aliphatic hydroxyl groups excluding tert-OH is 1. The maximum Gasteiger partial charge on any atom is 0.330 e. The van der Waals surface area contributed by atoms with Gasteiger partial charge >= 0.3 is 12.3 Å². The van der Waals surface area contributed by atoms with Crippen molar-refractivity contribution in [2.45, 2.75) is 24.9 Å². The Hall–Kier alpha value is -0.730. The molecule has 1 N–H and O–H groups in total. The molecule has 0 spiro atoms. The lowest BCUT2D eigenvalue weighted by molar-refractivity contribution is -0.170. The van der Waals surface area contributed by atoms with Gasteiger partial charge in [0.2, 0.25) is 0 Å². The first-order chi connectivity index (χ1) is 9.22. The molecule has 0 amide bonds. The highest BCUT2D eigenvalue weighted by molar-refractivity contribution is 9.10. The maximum atomic E-state index is 13.0. The van der Waals surface area contributed by atoms with Crippen molar-refractivity contribution in [1.82, 2.24) is 0 Å². The highest BCUT2D eigenvalue weighted by atomic mass is 79.9. The fraction of sp³-hybridized carbons (Fsp3) is 0.500. The molecule has 0 fully saturated rings. The van der Waals surface area contributed by atoms with E-state index in [4.69, 9.17) is 0 Å². The Morgan fingerprint density at radius 3 is 2.50 bits per heavy atom. The Labute approximate surface area is 120 Å². The van der Waals surface area contributed by atoms with Gasteiger partial charge in [0.05, 0.1) is 17.2 Å². The summed E-state index contributed by atoms with van der Waals surface area (Å²) in [5.74, 6) is -4.71. The predicted molar refractivity (Wildman–Crippen MR) is 65.6 cm³/mol. The summed E-state index contributed by atoms with van der Waals surface area (Å²) in [6, 6.07) is 4.02. The summed E-state index contributed by atoms with van der Waals surface area (Å²) in [4.78, 5) is 0. The van der Waals surface area contributed by atoms with Gasteiger partial charge in [0, 0.05) is 6.42 Å². The van der Waals surface area contributed by atoms with Crippen LogP contribution in [0.5, 0.6) is 0 Å². The van der Waals surface area contributed by atoms with Crippen molar-refractivity contribution in [3.63, 3.8) is 0 Å². The molecule has 1 unspecified atom stereocenters. The van der Waals surface area contributed by atoms with Crippen LogP contribution >= 0.6 is 15.9 Å². The highest BCUT2D eigenvalue weighted by Gasteiger charge is 2.41. The van der Waals surface area contributed by atoms with Crippen LogP contribution in [-0.2, 0) is 11.2 Å². The Morgan fingerprint density at radius 2 is 1.95 bits per heavy atom. The maximum absolute atomic E-state index is 13.0. The summed E-state index contributed by atoms with van der Waals surface area (Å²) in [6.07, 6.45) is -4.94. The molecule has 2 nitrogen and oxygen atoms in total. The van der Waals surface area contributed by atoms with Crippen LogP contribution in [0.15, 0.2) is 22.7 Å². The minimum Gasteiger partial charge on any atom is -0.390 e. The first-order valence-electron chi connectivity index (χ1n) is 5.58. The molecule has 0 heterocycles.